The van der Waals surface area contributed by atoms with E-state index in [4.69, 9.17) is 0 Å². The van der Waals surface area contributed by atoms with Crippen LogP contribution in [0.1, 0.15) is 29.0 Å². The lowest BCUT2D eigenvalue weighted by molar-refractivity contribution is 0.00409. The Labute approximate surface area is 203 Å². The smallest absolute Gasteiger partial charge is 0.254 e. The summed E-state index contributed by atoms with van der Waals surface area (Å²) in [5, 5.41) is 13.4. The molecule has 4 aromatic rings. The molecule has 3 aromatic carbocycles. The molecule has 1 N–H and O–H groups in total. The second-order valence-electron chi connectivity index (χ2n) is 8.85. The first-order valence-electron chi connectivity index (χ1n) is 11.1. The Bertz CT molecular complexity index is 1300. The molecule has 1 heterocycles. The minimum absolute atomic E-state index is 0.0992. The second-order valence-corrected chi connectivity index (χ2v) is 9.77. The molecule has 0 aliphatic rings. The van der Waals surface area contributed by atoms with Crippen LogP contribution < -0.4 is 5.56 Å². The SMILES string of the molecule is CN(C)CCC(O)(c1ccccc1)C(c1ccccc1)c1cc2cc(Br)ccc2n(C)c1=O. The fourth-order valence-corrected chi connectivity index (χ4v) is 5.00. The van der Waals surface area contributed by atoms with Crippen LogP contribution in [0.25, 0.3) is 10.9 Å². The van der Waals surface area contributed by atoms with Crippen molar-refractivity contribution in [3.8, 4) is 0 Å². The van der Waals surface area contributed by atoms with Crippen molar-refractivity contribution in [1.82, 2.24) is 9.47 Å². The van der Waals surface area contributed by atoms with E-state index in [0.29, 0.717) is 18.5 Å². The fraction of sp³-hybridized carbons (Fsp3) is 0.250. The highest BCUT2D eigenvalue weighted by atomic mass is 79.9. The molecular weight excluding hydrogens is 476 g/mol. The summed E-state index contributed by atoms with van der Waals surface area (Å²) in [7, 11) is 5.79. The molecular formula is C28H29BrN2O2. The Morgan fingerprint density at radius 3 is 2.24 bits per heavy atom. The van der Waals surface area contributed by atoms with Gasteiger partial charge in [0.2, 0.25) is 0 Å². The van der Waals surface area contributed by atoms with Crippen LogP contribution >= 0.6 is 15.9 Å². The largest absolute Gasteiger partial charge is 0.384 e. The van der Waals surface area contributed by atoms with Gasteiger partial charge in [-0.15, -0.1) is 0 Å². The van der Waals surface area contributed by atoms with Gasteiger partial charge in [-0.2, -0.15) is 0 Å². The van der Waals surface area contributed by atoms with Gasteiger partial charge in [-0.25, -0.2) is 0 Å². The molecule has 5 heteroatoms. The number of rotatable bonds is 7. The van der Waals surface area contributed by atoms with Crippen LogP contribution in [0.3, 0.4) is 0 Å². The highest BCUT2D eigenvalue weighted by molar-refractivity contribution is 9.10. The molecule has 0 spiro atoms. The van der Waals surface area contributed by atoms with E-state index in [0.717, 1.165) is 26.5 Å². The maximum Gasteiger partial charge on any atom is 0.254 e. The van der Waals surface area contributed by atoms with Crippen molar-refractivity contribution >= 4 is 26.8 Å². The second kappa shape index (κ2) is 9.64. The number of fused-ring (bicyclic) bond motifs is 1. The minimum Gasteiger partial charge on any atom is -0.384 e. The number of aryl methyl sites for hydroxylation is 1. The van der Waals surface area contributed by atoms with Crippen LogP contribution in [0.5, 0.6) is 0 Å². The Morgan fingerprint density at radius 1 is 0.970 bits per heavy atom. The van der Waals surface area contributed by atoms with Crippen molar-refractivity contribution in [2.75, 3.05) is 20.6 Å². The Morgan fingerprint density at radius 2 is 1.61 bits per heavy atom. The summed E-state index contributed by atoms with van der Waals surface area (Å²) in [6.07, 6.45) is 0.475. The molecule has 0 aliphatic heterocycles. The van der Waals surface area contributed by atoms with Crippen LogP contribution in [0.4, 0.5) is 0 Å². The first kappa shape index (κ1) is 23.4. The van der Waals surface area contributed by atoms with Crippen molar-refractivity contribution in [2.45, 2.75) is 17.9 Å². The fourth-order valence-electron chi connectivity index (χ4n) is 4.62. The van der Waals surface area contributed by atoms with Gasteiger partial charge in [0, 0.05) is 29.5 Å². The molecule has 33 heavy (non-hydrogen) atoms. The van der Waals surface area contributed by atoms with Crippen molar-refractivity contribution in [2.24, 2.45) is 7.05 Å². The predicted octanol–water partition coefficient (Wildman–Crippen LogP) is 5.27. The average Bonchev–Trinajstić information content (AvgIpc) is 2.82. The van der Waals surface area contributed by atoms with Gasteiger partial charge in [0.05, 0.1) is 5.52 Å². The zero-order valence-corrected chi connectivity index (χ0v) is 20.8. The van der Waals surface area contributed by atoms with Crippen LogP contribution in [0.2, 0.25) is 0 Å². The van der Waals surface area contributed by atoms with E-state index in [1.165, 1.54) is 0 Å². The number of benzene rings is 3. The highest BCUT2D eigenvalue weighted by Crippen LogP contribution is 2.43. The molecule has 170 valence electrons. The van der Waals surface area contributed by atoms with E-state index < -0.39 is 11.5 Å². The molecule has 4 rings (SSSR count). The molecule has 2 atom stereocenters. The topological polar surface area (TPSA) is 45.5 Å². The van der Waals surface area contributed by atoms with E-state index in [1.54, 1.807) is 11.6 Å². The lowest BCUT2D eigenvalue weighted by atomic mass is 9.72. The lowest BCUT2D eigenvalue weighted by Crippen LogP contribution is -2.40. The van der Waals surface area contributed by atoms with Crippen molar-refractivity contribution in [3.63, 3.8) is 0 Å². The molecule has 1 aromatic heterocycles. The Kier molecular flexibility index (Phi) is 6.84. The average molecular weight is 505 g/mol. The summed E-state index contributed by atoms with van der Waals surface area (Å²) in [6.45, 7) is 0.675. The summed E-state index contributed by atoms with van der Waals surface area (Å²) in [6, 6.07) is 27.4. The quantitative estimate of drug-likeness (QED) is 0.372. The molecule has 4 nitrogen and oxygen atoms in total. The van der Waals surface area contributed by atoms with E-state index in [9.17, 15) is 9.90 Å². The predicted molar refractivity (Wildman–Crippen MR) is 139 cm³/mol. The summed E-state index contributed by atoms with van der Waals surface area (Å²) in [5.74, 6) is -0.539. The third-order valence-electron chi connectivity index (χ3n) is 6.35. The summed E-state index contributed by atoms with van der Waals surface area (Å²) in [4.78, 5) is 15.8. The number of aliphatic hydroxyl groups is 1. The maximum absolute atomic E-state index is 13.7. The summed E-state index contributed by atoms with van der Waals surface area (Å²) in [5.41, 5.74) is 1.78. The molecule has 0 aliphatic carbocycles. The van der Waals surface area contributed by atoms with E-state index in [-0.39, 0.29) is 5.56 Å². The normalized spacial score (nSPS) is 14.4. The number of halogens is 1. The van der Waals surface area contributed by atoms with Crippen molar-refractivity contribution in [1.29, 1.82) is 0 Å². The van der Waals surface area contributed by atoms with Gasteiger partial charge < -0.3 is 14.6 Å². The standard InChI is InChI=1S/C28H29BrN2O2/c1-30(2)17-16-28(33,22-12-8-5-9-13-22)26(20-10-6-4-7-11-20)24-19-21-18-23(29)14-15-25(21)31(3)27(24)32/h4-15,18-19,26,33H,16-17H2,1-3H3. The lowest BCUT2D eigenvalue weighted by Gasteiger charge is -2.38. The monoisotopic (exact) mass is 504 g/mol. The molecule has 0 bridgehead atoms. The molecule has 0 saturated carbocycles. The van der Waals surface area contributed by atoms with Crippen molar-refractivity contribution in [3.05, 3.63) is 116 Å². The number of hydrogen-bond acceptors (Lipinski definition) is 3. The first-order valence-corrected chi connectivity index (χ1v) is 11.9. The van der Waals surface area contributed by atoms with E-state index >= 15 is 0 Å². The Balaban J connectivity index is 2.03. The van der Waals surface area contributed by atoms with Gasteiger partial charge in [0.15, 0.2) is 0 Å². The maximum atomic E-state index is 13.7. The van der Waals surface area contributed by atoms with E-state index in [1.807, 2.05) is 99.0 Å². The van der Waals surface area contributed by atoms with Gasteiger partial charge in [-0.3, -0.25) is 4.79 Å². The van der Waals surface area contributed by atoms with Gasteiger partial charge >= 0.3 is 0 Å². The zero-order valence-electron chi connectivity index (χ0n) is 19.2. The van der Waals surface area contributed by atoms with Crippen LogP contribution in [-0.4, -0.2) is 35.2 Å². The molecule has 0 saturated heterocycles. The van der Waals surface area contributed by atoms with Crippen LogP contribution in [0, 0.1) is 0 Å². The molecule has 0 radical (unpaired) electrons. The molecule has 0 amide bonds. The van der Waals surface area contributed by atoms with Gasteiger partial charge in [-0.05, 0) is 61.3 Å². The van der Waals surface area contributed by atoms with Crippen LogP contribution in [0.15, 0.2) is 94.2 Å². The number of aromatic nitrogens is 1. The first-order chi connectivity index (χ1) is 15.8. The minimum atomic E-state index is -1.28. The van der Waals surface area contributed by atoms with Gasteiger partial charge in [-0.1, -0.05) is 76.6 Å². The zero-order chi connectivity index (χ0) is 23.6. The molecule has 2 unspecified atom stereocenters. The van der Waals surface area contributed by atoms with Gasteiger partial charge in [0.25, 0.3) is 5.56 Å². The molecule has 0 fully saturated rings. The number of pyridine rings is 1. The van der Waals surface area contributed by atoms with Gasteiger partial charge in [0.1, 0.15) is 5.60 Å². The summed E-state index contributed by atoms with van der Waals surface area (Å²) >= 11 is 3.56. The third-order valence-corrected chi connectivity index (χ3v) is 6.84. The Hall–Kier alpha value is -2.73. The number of nitrogens with zero attached hydrogens (tertiary/aromatic N) is 2. The van der Waals surface area contributed by atoms with E-state index in [2.05, 4.69) is 20.8 Å². The van der Waals surface area contributed by atoms with Crippen LogP contribution in [-0.2, 0) is 12.6 Å². The summed E-state index contributed by atoms with van der Waals surface area (Å²) < 4.78 is 2.63. The highest BCUT2D eigenvalue weighted by Gasteiger charge is 2.41. The van der Waals surface area contributed by atoms with Crippen molar-refractivity contribution < 1.29 is 5.11 Å². The third kappa shape index (κ3) is 4.67. The number of hydrogen-bond donors (Lipinski definition) is 1.